The standard InChI is InChI=1S/C18H18N4/c1-11-6-5-7-13(8-11)18-20-15-10-16-14(9-17(15)22(18)4)19-12(2)21(16)3/h5-10H,1-4H3. The predicted molar refractivity (Wildman–Crippen MR) is 89.9 cm³/mol. The number of fused-ring (bicyclic) bond motifs is 2. The fourth-order valence-corrected chi connectivity index (χ4v) is 3.04. The number of imidazole rings is 2. The van der Waals surface area contributed by atoms with Crippen molar-refractivity contribution in [3.8, 4) is 11.4 Å². The van der Waals surface area contributed by atoms with Gasteiger partial charge in [-0.25, -0.2) is 9.97 Å². The Bertz CT molecular complexity index is 1020. The molecule has 4 rings (SSSR count). The van der Waals surface area contributed by atoms with Crippen LogP contribution in [0.15, 0.2) is 36.4 Å². The summed E-state index contributed by atoms with van der Waals surface area (Å²) in [5, 5.41) is 0. The van der Waals surface area contributed by atoms with Gasteiger partial charge in [0.1, 0.15) is 11.6 Å². The average Bonchev–Trinajstić information content (AvgIpc) is 2.96. The third-order valence-electron chi connectivity index (χ3n) is 4.38. The van der Waals surface area contributed by atoms with Crippen molar-refractivity contribution in [1.82, 2.24) is 19.1 Å². The topological polar surface area (TPSA) is 35.6 Å². The molecule has 0 saturated heterocycles. The van der Waals surface area contributed by atoms with Gasteiger partial charge >= 0.3 is 0 Å². The summed E-state index contributed by atoms with van der Waals surface area (Å²) in [7, 11) is 4.11. The largest absolute Gasteiger partial charge is 0.331 e. The summed E-state index contributed by atoms with van der Waals surface area (Å²) in [6.45, 7) is 4.13. The van der Waals surface area contributed by atoms with Crippen LogP contribution < -0.4 is 0 Å². The van der Waals surface area contributed by atoms with Gasteiger partial charge in [-0.1, -0.05) is 23.8 Å². The van der Waals surface area contributed by atoms with Crippen LogP contribution in [-0.4, -0.2) is 19.1 Å². The maximum absolute atomic E-state index is 4.85. The van der Waals surface area contributed by atoms with Gasteiger partial charge in [0.15, 0.2) is 0 Å². The quantitative estimate of drug-likeness (QED) is 0.535. The Morgan fingerprint density at radius 3 is 2.23 bits per heavy atom. The highest BCUT2D eigenvalue weighted by Gasteiger charge is 2.13. The Labute approximate surface area is 129 Å². The summed E-state index contributed by atoms with van der Waals surface area (Å²) in [5.41, 5.74) is 6.65. The molecule has 0 fully saturated rings. The van der Waals surface area contributed by atoms with Crippen molar-refractivity contribution in [2.45, 2.75) is 13.8 Å². The lowest BCUT2D eigenvalue weighted by atomic mass is 10.1. The molecule has 0 bridgehead atoms. The van der Waals surface area contributed by atoms with Crippen LogP contribution in [0.25, 0.3) is 33.5 Å². The normalized spacial score (nSPS) is 11.6. The third-order valence-corrected chi connectivity index (χ3v) is 4.38. The van der Waals surface area contributed by atoms with Crippen molar-refractivity contribution >= 4 is 22.1 Å². The Kier molecular flexibility index (Phi) is 2.64. The predicted octanol–water partition coefficient (Wildman–Crippen LogP) is 3.74. The molecule has 0 unspecified atom stereocenters. The number of hydrogen-bond acceptors (Lipinski definition) is 2. The number of hydrogen-bond donors (Lipinski definition) is 0. The molecule has 4 heteroatoms. The molecule has 2 aromatic carbocycles. The van der Waals surface area contributed by atoms with E-state index < -0.39 is 0 Å². The SMILES string of the molecule is Cc1cccc(-c2nc3cc4c(cc3n2C)nc(C)n4C)c1. The maximum atomic E-state index is 4.85. The Morgan fingerprint density at radius 1 is 0.818 bits per heavy atom. The first-order valence-electron chi connectivity index (χ1n) is 7.41. The average molecular weight is 290 g/mol. The van der Waals surface area contributed by atoms with Crippen LogP contribution in [0, 0.1) is 13.8 Å². The van der Waals surface area contributed by atoms with Gasteiger partial charge in [-0.3, -0.25) is 0 Å². The van der Waals surface area contributed by atoms with Crippen molar-refractivity contribution in [3.05, 3.63) is 47.8 Å². The molecule has 110 valence electrons. The van der Waals surface area contributed by atoms with E-state index in [1.54, 1.807) is 0 Å². The number of nitrogens with zero attached hydrogens (tertiary/aromatic N) is 4. The van der Waals surface area contributed by atoms with E-state index in [-0.39, 0.29) is 0 Å². The van der Waals surface area contributed by atoms with Crippen molar-refractivity contribution < 1.29 is 0 Å². The lowest BCUT2D eigenvalue weighted by Gasteiger charge is -2.03. The minimum absolute atomic E-state index is 0.991. The lowest BCUT2D eigenvalue weighted by Crippen LogP contribution is -1.92. The first-order chi connectivity index (χ1) is 10.5. The van der Waals surface area contributed by atoms with Crippen molar-refractivity contribution in [2.75, 3.05) is 0 Å². The third kappa shape index (κ3) is 1.77. The van der Waals surface area contributed by atoms with Gasteiger partial charge in [0.05, 0.1) is 22.1 Å². The van der Waals surface area contributed by atoms with E-state index in [9.17, 15) is 0 Å². The van der Waals surface area contributed by atoms with E-state index in [1.807, 2.05) is 14.0 Å². The van der Waals surface area contributed by atoms with E-state index in [1.165, 1.54) is 5.56 Å². The van der Waals surface area contributed by atoms with Crippen LogP contribution in [0.3, 0.4) is 0 Å². The number of benzene rings is 2. The van der Waals surface area contributed by atoms with Crippen LogP contribution in [0.5, 0.6) is 0 Å². The molecule has 0 aliphatic heterocycles. The summed E-state index contributed by atoms with van der Waals surface area (Å²) in [4.78, 5) is 9.47. The van der Waals surface area contributed by atoms with Crippen LogP contribution in [0.1, 0.15) is 11.4 Å². The molecule has 0 saturated carbocycles. The Hall–Kier alpha value is -2.62. The van der Waals surface area contributed by atoms with Crippen molar-refractivity contribution in [2.24, 2.45) is 14.1 Å². The molecule has 2 heterocycles. The van der Waals surface area contributed by atoms with Gasteiger partial charge in [-0.2, -0.15) is 0 Å². The zero-order valence-corrected chi connectivity index (χ0v) is 13.3. The monoisotopic (exact) mass is 290 g/mol. The molecule has 4 aromatic rings. The molecule has 4 nitrogen and oxygen atoms in total. The molecule has 0 amide bonds. The zero-order chi connectivity index (χ0) is 15.4. The number of rotatable bonds is 1. The van der Waals surface area contributed by atoms with E-state index in [2.05, 4.69) is 64.5 Å². The highest BCUT2D eigenvalue weighted by molar-refractivity contribution is 5.93. The van der Waals surface area contributed by atoms with Crippen LogP contribution in [-0.2, 0) is 14.1 Å². The summed E-state index contributed by atoms with van der Waals surface area (Å²) >= 11 is 0. The second kappa shape index (κ2) is 4.44. The van der Waals surface area contributed by atoms with Crippen molar-refractivity contribution in [1.29, 1.82) is 0 Å². The summed E-state index contributed by atoms with van der Waals surface area (Å²) in [6.07, 6.45) is 0. The minimum Gasteiger partial charge on any atom is -0.331 e. The van der Waals surface area contributed by atoms with Gasteiger partial charge in [0, 0.05) is 19.7 Å². The molecule has 0 N–H and O–H groups in total. The zero-order valence-electron chi connectivity index (χ0n) is 13.3. The van der Waals surface area contributed by atoms with Gasteiger partial charge < -0.3 is 9.13 Å². The van der Waals surface area contributed by atoms with Crippen LogP contribution >= 0.6 is 0 Å². The fourth-order valence-electron chi connectivity index (χ4n) is 3.04. The minimum atomic E-state index is 0.991. The lowest BCUT2D eigenvalue weighted by molar-refractivity contribution is 0.886. The van der Waals surface area contributed by atoms with Crippen LogP contribution in [0.2, 0.25) is 0 Å². The molecule has 0 aliphatic rings. The summed E-state index contributed by atoms with van der Waals surface area (Å²) in [6, 6.07) is 12.7. The number of aryl methyl sites for hydroxylation is 4. The van der Waals surface area contributed by atoms with E-state index in [4.69, 9.17) is 4.98 Å². The fraction of sp³-hybridized carbons (Fsp3) is 0.222. The number of aromatic nitrogens is 4. The molecule has 2 aromatic heterocycles. The molecule has 22 heavy (non-hydrogen) atoms. The maximum Gasteiger partial charge on any atom is 0.140 e. The molecular formula is C18H18N4. The first kappa shape index (κ1) is 13.1. The Morgan fingerprint density at radius 2 is 1.50 bits per heavy atom. The van der Waals surface area contributed by atoms with Crippen LogP contribution in [0.4, 0.5) is 0 Å². The van der Waals surface area contributed by atoms with Gasteiger partial charge in [0.25, 0.3) is 0 Å². The van der Waals surface area contributed by atoms with E-state index in [0.29, 0.717) is 0 Å². The van der Waals surface area contributed by atoms with Crippen molar-refractivity contribution in [3.63, 3.8) is 0 Å². The molecule has 0 radical (unpaired) electrons. The summed E-state index contributed by atoms with van der Waals surface area (Å²) in [5.74, 6) is 2.01. The molecule has 0 aliphatic carbocycles. The van der Waals surface area contributed by atoms with Gasteiger partial charge in [0.2, 0.25) is 0 Å². The van der Waals surface area contributed by atoms with Gasteiger partial charge in [-0.15, -0.1) is 0 Å². The molecular weight excluding hydrogens is 272 g/mol. The first-order valence-corrected chi connectivity index (χ1v) is 7.41. The Balaban J connectivity index is 2.02. The van der Waals surface area contributed by atoms with Gasteiger partial charge in [-0.05, 0) is 32.0 Å². The highest BCUT2D eigenvalue weighted by Crippen LogP contribution is 2.27. The second-order valence-electron chi connectivity index (χ2n) is 5.91. The summed E-state index contributed by atoms with van der Waals surface area (Å²) < 4.78 is 4.25. The second-order valence-corrected chi connectivity index (χ2v) is 5.91. The smallest absolute Gasteiger partial charge is 0.140 e. The molecule has 0 spiro atoms. The van der Waals surface area contributed by atoms with E-state index in [0.717, 1.165) is 39.3 Å². The van der Waals surface area contributed by atoms with E-state index >= 15 is 0 Å². The highest BCUT2D eigenvalue weighted by atomic mass is 15.1. The molecule has 0 atom stereocenters.